The lowest BCUT2D eigenvalue weighted by molar-refractivity contribution is -0.132. The monoisotopic (exact) mass is 514 g/mol. The molecule has 4 rings (SSSR count). The third-order valence-corrected chi connectivity index (χ3v) is 6.60. The van der Waals surface area contributed by atoms with Gasteiger partial charge in [-0.2, -0.15) is 0 Å². The summed E-state index contributed by atoms with van der Waals surface area (Å²) in [5.41, 5.74) is 2.49. The van der Waals surface area contributed by atoms with Gasteiger partial charge in [0.2, 0.25) is 0 Å². The normalized spacial score (nSPS) is 16.8. The first-order chi connectivity index (χ1) is 18.2. The number of carbonyl (C=O) groups excluding carboxylic acids is 2. The lowest BCUT2D eigenvalue weighted by atomic mass is 9.95. The second-order valence-corrected chi connectivity index (χ2v) is 9.68. The number of ketones is 1. The molecule has 0 radical (unpaired) electrons. The van der Waals surface area contributed by atoms with E-state index in [1.165, 1.54) is 17.0 Å². The topological polar surface area (TPSA) is 90.3 Å². The molecule has 3 aromatic rings. The van der Waals surface area contributed by atoms with Crippen molar-refractivity contribution >= 4 is 28.8 Å². The van der Waals surface area contributed by atoms with Gasteiger partial charge in [0.05, 0.1) is 18.2 Å². The van der Waals surface area contributed by atoms with Crippen LogP contribution in [0.3, 0.4) is 0 Å². The Morgan fingerprint density at radius 2 is 1.63 bits per heavy atom. The second-order valence-electron chi connectivity index (χ2n) is 9.68. The van der Waals surface area contributed by atoms with Gasteiger partial charge in [-0.25, -0.2) is 0 Å². The molecule has 1 aliphatic heterocycles. The number of aliphatic hydroxyl groups is 1. The van der Waals surface area contributed by atoms with Crippen LogP contribution in [0.25, 0.3) is 5.76 Å². The van der Waals surface area contributed by atoms with Crippen molar-refractivity contribution in [2.75, 3.05) is 29.5 Å². The van der Waals surface area contributed by atoms with Crippen LogP contribution in [0, 0.1) is 5.92 Å². The summed E-state index contributed by atoms with van der Waals surface area (Å²) in [7, 11) is 0. The van der Waals surface area contributed by atoms with Crippen LogP contribution in [0.4, 0.5) is 11.4 Å². The lowest BCUT2D eigenvalue weighted by Gasteiger charge is -2.27. The number of phenolic OH excluding ortho intramolecular Hbond substituents is 1. The smallest absolute Gasteiger partial charge is 0.300 e. The largest absolute Gasteiger partial charge is 0.508 e. The fraction of sp³-hybridized carbons (Fsp3) is 0.290. The highest BCUT2D eigenvalue weighted by Crippen LogP contribution is 2.43. The Balaban J connectivity index is 1.82. The maximum atomic E-state index is 13.4. The standard InChI is InChI=1S/C31H34N2O5/c1-5-32(6-2)23-12-14-24(15-13-23)33-28(21-10-16-25(34)17-11-21)27(30(36)31(33)37)29(35)22-8-7-9-26(18-22)38-19-20(3)4/h7-18,20,28,34-35H,5-6,19H2,1-4H3/b29-27+. The molecule has 7 nitrogen and oxygen atoms in total. The molecule has 38 heavy (non-hydrogen) atoms. The molecule has 1 heterocycles. The van der Waals surface area contributed by atoms with Crippen LogP contribution in [0.5, 0.6) is 11.5 Å². The molecule has 1 atom stereocenters. The Bertz CT molecular complexity index is 1330. The van der Waals surface area contributed by atoms with Crippen molar-refractivity contribution in [2.45, 2.75) is 33.7 Å². The zero-order valence-electron chi connectivity index (χ0n) is 22.2. The van der Waals surface area contributed by atoms with Gasteiger partial charge in [-0.3, -0.25) is 14.5 Å². The fourth-order valence-electron chi connectivity index (χ4n) is 4.64. The molecule has 1 aliphatic rings. The SMILES string of the molecule is CCN(CC)c1ccc(N2C(=O)C(=O)/C(=C(/O)c3cccc(OCC(C)C)c3)C2c2ccc(O)cc2)cc1. The van der Waals surface area contributed by atoms with E-state index in [9.17, 15) is 19.8 Å². The molecule has 0 aliphatic carbocycles. The van der Waals surface area contributed by atoms with Gasteiger partial charge in [0.1, 0.15) is 17.3 Å². The van der Waals surface area contributed by atoms with E-state index in [0.29, 0.717) is 35.1 Å². The number of benzene rings is 3. The second kappa shape index (κ2) is 11.4. The minimum Gasteiger partial charge on any atom is -0.508 e. The minimum absolute atomic E-state index is 0.0190. The summed E-state index contributed by atoms with van der Waals surface area (Å²) in [6.45, 7) is 10.4. The van der Waals surface area contributed by atoms with E-state index < -0.39 is 17.7 Å². The van der Waals surface area contributed by atoms with E-state index in [-0.39, 0.29) is 17.1 Å². The van der Waals surface area contributed by atoms with Gasteiger partial charge in [0, 0.05) is 30.0 Å². The Morgan fingerprint density at radius 3 is 2.24 bits per heavy atom. The molecule has 1 saturated heterocycles. The van der Waals surface area contributed by atoms with Crippen molar-refractivity contribution in [3.8, 4) is 11.5 Å². The van der Waals surface area contributed by atoms with Crippen LogP contribution < -0.4 is 14.5 Å². The van der Waals surface area contributed by atoms with E-state index in [1.807, 2.05) is 38.1 Å². The zero-order valence-corrected chi connectivity index (χ0v) is 22.2. The summed E-state index contributed by atoms with van der Waals surface area (Å²) in [6, 6.07) is 19.8. The molecule has 3 aromatic carbocycles. The number of amides is 1. The summed E-state index contributed by atoms with van der Waals surface area (Å²) in [5.74, 6) is -0.845. The van der Waals surface area contributed by atoms with Gasteiger partial charge in [0.15, 0.2) is 0 Å². The zero-order chi connectivity index (χ0) is 27.4. The number of nitrogens with zero attached hydrogens (tertiary/aromatic N) is 2. The van der Waals surface area contributed by atoms with Crippen molar-refractivity contribution in [2.24, 2.45) is 5.92 Å². The molecule has 1 fully saturated rings. The first kappa shape index (κ1) is 26.8. The molecular weight excluding hydrogens is 480 g/mol. The van der Waals surface area contributed by atoms with Gasteiger partial charge >= 0.3 is 0 Å². The summed E-state index contributed by atoms with van der Waals surface area (Å²) in [6.07, 6.45) is 0. The third-order valence-electron chi connectivity index (χ3n) is 6.60. The first-order valence-corrected chi connectivity index (χ1v) is 12.9. The number of aromatic hydroxyl groups is 1. The van der Waals surface area contributed by atoms with Gasteiger partial charge in [-0.05, 0) is 73.9 Å². The van der Waals surface area contributed by atoms with Gasteiger partial charge < -0.3 is 19.8 Å². The van der Waals surface area contributed by atoms with E-state index in [0.717, 1.165) is 18.8 Å². The van der Waals surface area contributed by atoms with Gasteiger partial charge in [-0.15, -0.1) is 0 Å². The summed E-state index contributed by atoms with van der Waals surface area (Å²) < 4.78 is 5.81. The van der Waals surface area contributed by atoms with Crippen molar-refractivity contribution in [1.29, 1.82) is 0 Å². The van der Waals surface area contributed by atoms with Crippen molar-refractivity contribution < 1.29 is 24.5 Å². The van der Waals surface area contributed by atoms with Crippen LogP contribution in [-0.2, 0) is 9.59 Å². The summed E-state index contributed by atoms with van der Waals surface area (Å²) in [4.78, 5) is 30.4. The maximum Gasteiger partial charge on any atom is 0.300 e. The van der Waals surface area contributed by atoms with Crippen LogP contribution in [-0.4, -0.2) is 41.6 Å². The van der Waals surface area contributed by atoms with E-state index in [4.69, 9.17) is 4.74 Å². The molecule has 2 N–H and O–H groups in total. The number of hydrogen-bond donors (Lipinski definition) is 2. The summed E-state index contributed by atoms with van der Waals surface area (Å²) >= 11 is 0. The minimum atomic E-state index is -0.879. The number of carbonyl (C=O) groups is 2. The van der Waals surface area contributed by atoms with Crippen LogP contribution >= 0.6 is 0 Å². The quantitative estimate of drug-likeness (QED) is 0.210. The summed E-state index contributed by atoms with van der Waals surface area (Å²) in [5, 5.41) is 21.3. The third kappa shape index (κ3) is 5.37. The highest BCUT2D eigenvalue weighted by Gasteiger charge is 2.47. The molecule has 0 saturated carbocycles. The molecule has 1 amide bonds. The number of anilines is 2. The van der Waals surface area contributed by atoms with Crippen LogP contribution in [0.15, 0.2) is 78.4 Å². The fourth-order valence-corrected chi connectivity index (χ4v) is 4.64. The van der Waals surface area contributed by atoms with E-state index >= 15 is 0 Å². The van der Waals surface area contributed by atoms with E-state index in [1.54, 1.807) is 36.4 Å². The van der Waals surface area contributed by atoms with Crippen LogP contribution in [0.1, 0.15) is 44.9 Å². The molecule has 0 spiro atoms. The highest BCUT2D eigenvalue weighted by atomic mass is 16.5. The molecule has 0 aromatic heterocycles. The number of rotatable bonds is 9. The predicted octanol–water partition coefficient (Wildman–Crippen LogP) is 5.90. The number of hydrogen-bond acceptors (Lipinski definition) is 6. The van der Waals surface area contributed by atoms with Gasteiger partial charge in [-0.1, -0.05) is 38.1 Å². The van der Waals surface area contributed by atoms with E-state index in [2.05, 4.69) is 18.7 Å². The average Bonchev–Trinajstić information content (AvgIpc) is 3.19. The molecular formula is C31H34N2O5. The van der Waals surface area contributed by atoms with Crippen LogP contribution in [0.2, 0.25) is 0 Å². The Morgan fingerprint density at radius 1 is 0.974 bits per heavy atom. The Kier molecular flexibility index (Phi) is 8.05. The lowest BCUT2D eigenvalue weighted by Crippen LogP contribution is -2.29. The number of phenols is 1. The Labute approximate surface area is 223 Å². The number of aliphatic hydroxyl groups excluding tert-OH is 1. The van der Waals surface area contributed by atoms with Crippen molar-refractivity contribution in [3.63, 3.8) is 0 Å². The molecule has 0 bridgehead atoms. The van der Waals surface area contributed by atoms with Crippen molar-refractivity contribution in [3.05, 3.63) is 89.5 Å². The maximum absolute atomic E-state index is 13.4. The molecule has 1 unspecified atom stereocenters. The number of Topliss-reactive ketones (excluding diaryl/α,β-unsaturated/α-hetero) is 1. The van der Waals surface area contributed by atoms with Crippen molar-refractivity contribution in [1.82, 2.24) is 0 Å². The highest BCUT2D eigenvalue weighted by molar-refractivity contribution is 6.51. The first-order valence-electron chi connectivity index (χ1n) is 12.9. The predicted molar refractivity (Wildman–Crippen MR) is 150 cm³/mol. The van der Waals surface area contributed by atoms with Gasteiger partial charge in [0.25, 0.3) is 11.7 Å². The Hall–Kier alpha value is -4.26. The average molecular weight is 515 g/mol. The molecule has 198 valence electrons. The molecule has 7 heteroatoms. The number of ether oxygens (including phenoxy) is 1.